The second-order valence-electron chi connectivity index (χ2n) is 4.90. The van der Waals surface area contributed by atoms with Crippen LogP contribution >= 0.6 is 0 Å². The fourth-order valence-corrected chi connectivity index (χ4v) is 2.30. The molecule has 0 radical (unpaired) electrons. The molecule has 9 nitrogen and oxygen atoms in total. The first kappa shape index (κ1) is 14.0. The van der Waals surface area contributed by atoms with Crippen LogP contribution in [-0.2, 0) is 0 Å². The van der Waals surface area contributed by atoms with Gasteiger partial charge in [0.25, 0.3) is 11.5 Å². The molecular weight excluding hydrogens is 288 g/mol. The van der Waals surface area contributed by atoms with E-state index in [0.717, 1.165) is 37.9 Å². The number of amides is 1. The normalized spacial score (nSPS) is 14.1. The van der Waals surface area contributed by atoms with Gasteiger partial charge in [0.1, 0.15) is 23.5 Å². The van der Waals surface area contributed by atoms with Crippen LogP contribution < -0.4 is 21.5 Å². The minimum atomic E-state index is -0.755. The van der Waals surface area contributed by atoms with Gasteiger partial charge in [-0.1, -0.05) is 0 Å². The van der Waals surface area contributed by atoms with E-state index in [-0.39, 0.29) is 5.56 Å². The van der Waals surface area contributed by atoms with Crippen molar-refractivity contribution in [2.45, 2.75) is 12.8 Å². The molecule has 0 atom stereocenters. The van der Waals surface area contributed by atoms with Gasteiger partial charge in [-0.05, 0) is 12.8 Å². The zero-order valence-electron chi connectivity index (χ0n) is 11.6. The molecule has 2 aromatic heterocycles. The van der Waals surface area contributed by atoms with Gasteiger partial charge in [0.15, 0.2) is 0 Å². The highest BCUT2D eigenvalue weighted by Gasteiger charge is 2.16. The Morgan fingerprint density at radius 2 is 2.00 bits per heavy atom. The van der Waals surface area contributed by atoms with Gasteiger partial charge >= 0.3 is 5.69 Å². The average molecular weight is 302 g/mol. The van der Waals surface area contributed by atoms with Crippen molar-refractivity contribution in [3.05, 3.63) is 45.0 Å². The molecule has 22 heavy (non-hydrogen) atoms. The molecule has 0 saturated carbocycles. The molecule has 9 heteroatoms. The zero-order valence-corrected chi connectivity index (χ0v) is 11.6. The van der Waals surface area contributed by atoms with Crippen molar-refractivity contribution in [1.29, 1.82) is 0 Å². The summed E-state index contributed by atoms with van der Waals surface area (Å²) in [6.07, 6.45) is 4.65. The molecule has 0 aliphatic carbocycles. The Hall–Kier alpha value is -2.97. The van der Waals surface area contributed by atoms with Gasteiger partial charge in [-0.2, -0.15) is 0 Å². The van der Waals surface area contributed by atoms with Crippen LogP contribution in [0.4, 0.5) is 11.6 Å². The molecule has 1 aliphatic rings. The maximum Gasteiger partial charge on any atom is 0.325 e. The van der Waals surface area contributed by atoms with Crippen molar-refractivity contribution in [3.8, 4) is 0 Å². The number of hydrogen-bond acceptors (Lipinski definition) is 6. The summed E-state index contributed by atoms with van der Waals surface area (Å²) in [7, 11) is 0. The lowest BCUT2D eigenvalue weighted by Gasteiger charge is -2.16. The number of carbonyl (C=O) groups is 1. The number of H-pyrrole nitrogens is 2. The maximum absolute atomic E-state index is 12.1. The lowest BCUT2D eigenvalue weighted by molar-refractivity contribution is 0.102. The summed E-state index contributed by atoms with van der Waals surface area (Å²) in [5.74, 6) is 0.384. The van der Waals surface area contributed by atoms with Gasteiger partial charge in [-0.15, -0.1) is 0 Å². The fourth-order valence-electron chi connectivity index (χ4n) is 2.30. The van der Waals surface area contributed by atoms with Crippen molar-refractivity contribution in [1.82, 2.24) is 19.9 Å². The van der Waals surface area contributed by atoms with E-state index in [1.807, 2.05) is 4.98 Å². The Morgan fingerprint density at radius 3 is 2.73 bits per heavy atom. The topological polar surface area (TPSA) is 124 Å². The number of nitrogens with one attached hydrogen (secondary N) is 3. The van der Waals surface area contributed by atoms with E-state index in [2.05, 4.69) is 25.2 Å². The number of hydrogen-bond donors (Lipinski definition) is 3. The molecule has 2 aromatic rings. The van der Waals surface area contributed by atoms with Crippen molar-refractivity contribution in [2.75, 3.05) is 23.3 Å². The second kappa shape index (κ2) is 5.80. The highest BCUT2D eigenvalue weighted by Crippen LogP contribution is 2.19. The van der Waals surface area contributed by atoms with Crippen LogP contribution in [0, 0.1) is 0 Å². The molecule has 0 spiro atoms. The predicted molar refractivity (Wildman–Crippen MR) is 79.1 cm³/mol. The van der Waals surface area contributed by atoms with Gasteiger partial charge in [-0.25, -0.2) is 14.8 Å². The van der Waals surface area contributed by atoms with Crippen molar-refractivity contribution < 1.29 is 4.79 Å². The molecule has 0 aromatic carbocycles. The van der Waals surface area contributed by atoms with Crippen LogP contribution in [0.5, 0.6) is 0 Å². The van der Waals surface area contributed by atoms with Crippen LogP contribution in [0.25, 0.3) is 0 Å². The zero-order chi connectivity index (χ0) is 15.5. The maximum atomic E-state index is 12.1. The standard InChI is InChI=1S/C13H14N6O3/c20-11(8-6-14-13(22)18-12(8)21)17-9-5-10(16-7-15-9)19-3-1-2-4-19/h5-7H,1-4H2,(H2,14,18,21,22)(H,15,16,17,20). The summed E-state index contributed by atoms with van der Waals surface area (Å²) in [5.41, 5.74) is -1.61. The van der Waals surface area contributed by atoms with Crippen molar-refractivity contribution >= 4 is 17.5 Å². The molecule has 1 amide bonds. The van der Waals surface area contributed by atoms with Crippen LogP contribution in [0.1, 0.15) is 23.2 Å². The van der Waals surface area contributed by atoms with Crippen LogP contribution in [0.15, 0.2) is 28.2 Å². The van der Waals surface area contributed by atoms with Gasteiger partial charge in [0.2, 0.25) is 0 Å². The predicted octanol–water partition coefficient (Wildman–Crippen LogP) is -0.294. The molecule has 1 saturated heterocycles. The van der Waals surface area contributed by atoms with Gasteiger partial charge in [-0.3, -0.25) is 14.6 Å². The molecule has 0 bridgehead atoms. The third-order valence-electron chi connectivity index (χ3n) is 3.39. The average Bonchev–Trinajstić information content (AvgIpc) is 3.01. The number of nitrogens with zero attached hydrogens (tertiary/aromatic N) is 3. The number of anilines is 2. The number of carbonyl (C=O) groups excluding carboxylic acids is 1. The summed E-state index contributed by atoms with van der Waals surface area (Å²) in [6, 6.07) is 1.66. The number of aromatic nitrogens is 4. The summed E-state index contributed by atoms with van der Waals surface area (Å²) < 4.78 is 0. The van der Waals surface area contributed by atoms with Gasteiger partial charge in [0, 0.05) is 25.4 Å². The highest BCUT2D eigenvalue weighted by molar-refractivity contribution is 6.03. The lowest BCUT2D eigenvalue weighted by Crippen LogP contribution is -2.30. The number of rotatable bonds is 3. The minimum Gasteiger partial charge on any atom is -0.356 e. The van der Waals surface area contributed by atoms with Crippen LogP contribution in [-0.4, -0.2) is 38.9 Å². The van der Waals surface area contributed by atoms with E-state index in [9.17, 15) is 14.4 Å². The van der Waals surface area contributed by atoms with Crippen molar-refractivity contribution in [2.24, 2.45) is 0 Å². The monoisotopic (exact) mass is 302 g/mol. The Kier molecular flexibility index (Phi) is 3.69. The van der Waals surface area contributed by atoms with E-state index in [1.54, 1.807) is 6.07 Å². The third kappa shape index (κ3) is 2.87. The van der Waals surface area contributed by atoms with Crippen molar-refractivity contribution in [3.63, 3.8) is 0 Å². The molecule has 3 heterocycles. The smallest absolute Gasteiger partial charge is 0.325 e. The Balaban J connectivity index is 1.80. The van der Waals surface area contributed by atoms with Gasteiger partial charge in [0.05, 0.1) is 0 Å². The van der Waals surface area contributed by atoms with E-state index in [1.165, 1.54) is 6.33 Å². The Labute approximate surface area is 124 Å². The van der Waals surface area contributed by atoms with E-state index in [4.69, 9.17) is 0 Å². The first-order valence-electron chi connectivity index (χ1n) is 6.84. The van der Waals surface area contributed by atoms with E-state index >= 15 is 0 Å². The molecule has 1 aliphatic heterocycles. The Bertz CT molecular complexity index is 806. The van der Waals surface area contributed by atoms with E-state index < -0.39 is 17.2 Å². The quantitative estimate of drug-likeness (QED) is 0.715. The van der Waals surface area contributed by atoms with Crippen LogP contribution in [0.2, 0.25) is 0 Å². The second-order valence-corrected chi connectivity index (χ2v) is 4.90. The molecule has 0 unspecified atom stereocenters. The minimum absolute atomic E-state index is 0.194. The summed E-state index contributed by atoms with van der Waals surface area (Å²) >= 11 is 0. The molecule has 3 rings (SSSR count). The first-order chi connectivity index (χ1) is 10.6. The van der Waals surface area contributed by atoms with E-state index in [0.29, 0.717) is 5.82 Å². The molecule has 114 valence electrons. The fraction of sp³-hybridized carbons (Fsp3) is 0.308. The molecular formula is C13H14N6O3. The summed E-state index contributed by atoms with van der Waals surface area (Å²) in [6.45, 7) is 1.84. The molecule has 1 fully saturated rings. The summed E-state index contributed by atoms with van der Waals surface area (Å²) in [4.78, 5) is 49.1. The highest BCUT2D eigenvalue weighted by atomic mass is 16.2. The number of aromatic amines is 2. The van der Waals surface area contributed by atoms with Crippen LogP contribution in [0.3, 0.4) is 0 Å². The Morgan fingerprint density at radius 1 is 1.23 bits per heavy atom. The lowest BCUT2D eigenvalue weighted by atomic mass is 10.3. The SMILES string of the molecule is O=C(Nc1cc(N2CCCC2)ncn1)c1c[nH]c(=O)[nH]c1=O. The largest absolute Gasteiger partial charge is 0.356 e. The first-order valence-corrected chi connectivity index (χ1v) is 6.84. The third-order valence-corrected chi connectivity index (χ3v) is 3.39. The molecule has 3 N–H and O–H groups in total. The summed E-state index contributed by atoms with van der Waals surface area (Å²) in [5, 5.41) is 2.52. The van der Waals surface area contributed by atoms with Gasteiger partial charge < -0.3 is 15.2 Å².